The van der Waals surface area contributed by atoms with Crippen molar-refractivity contribution in [3.63, 3.8) is 0 Å². The van der Waals surface area contributed by atoms with Crippen molar-refractivity contribution in [1.82, 2.24) is 5.32 Å². The number of carboxylic acids is 1. The molecule has 1 amide bonds. The smallest absolute Gasteiger partial charge is 0.307 e. The summed E-state index contributed by atoms with van der Waals surface area (Å²) < 4.78 is 0. The molecule has 1 saturated carbocycles. The van der Waals surface area contributed by atoms with Crippen molar-refractivity contribution in [2.75, 3.05) is 0 Å². The molecule has 4 heteroatoms. The predicted octanol–water partition coefficient (Wildman–Crippen LogP) is 1.89. The van der Waals surface area contributed by atoms with Gasteiger partial charge in [-0.25, -0.2) is 0 Å². The van der Waals surface area contributed by atoms with Crippen molar-refractivity contribution in [3.05, 3.63) is 0 Å². The lowest BCUT2D eigenvalue weighted by atomic mass is 10.0. The first-order valence-corrected chi connectivity index (χ1v) is 6.26. The van der Waals surface area contributed by atoms with Crippen LogP contribution >= 0.6 is 0 Å². The minimum atomic E-state index is -0.869. The number of aliphatic carboxylic acids is 1. The first-order chi connectivity index (χ1) is 7.73. The van der Waals surface area contributed by atoms with E-state index in [-0.39, 0.29) is 17.9 Å². The number of carbonyl (C=O) groups excluding carboxylic acids is 1. The van der Waals surface area contributed by atoms with Crippen LogP contribution in [0.1, 0.15) is 41.0 Å². The highest BCUT2D eigenvalue weighted by atomic mass is 16.4. The Kier molecular flexibility index (Phi) is 3.84. The normalized spacial score (nSPS) is 29.2. The molecule has 4 nitrogen and oxygen atoms in total. The summed E-state index contributed by atoms with van der Waals surface area (Å²) in [4.78, 5) is 23.0. The zero-order valence-electron chi connectivity index (χ0n) is 11.3. The zero-order valence-corrected chi connectivity index (χ0v) is 11.3. The Morgan fingerprint density at radius 3 is 2.18 bits per heavy atom. The highest BCUT2D eigenvalue weighted by molar-refractivity contribution is 5.91. The van der Waals surface area contributed by atoms with Gasteiger partial charge in [0.2, 0.25) is 5.91 Å². The Hall–Kier alpha value is -1.06. The third-order valence-electron chi connectivity index (χ3n) is 4.24. The maximum atomic E-state index is 12.0. The molecule has 0 heterocycles. The summed E-state index contributed by atoms with van der Waals surface area (Å²) in [5, 5.41) is 11.9. The summed E-state index contributed by atoms with van der Waals surface area (Å²) in [5.41, 5.74) is -0.412. The molecule has 0 radical (unpaired) electrons. The lowest BCUT2D eigenvalue weighted by molar-refractivity contribution is -0.140. The summed E-state index contributed by atoms with van der Waals surface area (Å²) in [6.45, 7) is 9.80. The average molecular weight is 241 g/mol. The van der Waals surface area contributed by atoms with Gasteiger partial charge in [0.1, 0.15) is 0 Å². The molecule has 4 atom stereocenters. The highest BCUT2D eigenvalue weighted by Gasteiger charge is 2.65. The van der Waals surface area contributed by atoms with Crippen LogP contribution in [-0.2, 0) is 9.59 Å². The van der Waals surface area contributed by atoms with Gasteiger partial charge in [-0.3, -0.25) is 9.59 Å². The van der Waals surface area contributed by atoms with E-state index in [1.807, 2.05) is 20.8 Å². The number of carboxylic acid groups (broad SMARTS) is 1. The standard InChI is InChI=1S/C13H23NO3/c1-6-7(2)8(3)14-11(15)9-10(12(16)17)13(9,4)5/h7-10H,6H2,1-5H3,(H,14,15)(H,16,17)/t7?,8?,9-,10+/m1/s1. The molecule has 0 bridgehead atoms. The van der Waals surface area contributed by atoms with Gasteiger partial charge >= 0.3 is 5.97 Å². The quantitative estimate of drug-likeness (QED) is 0.772. The van der Waals surface area contributed by atoms with Gasteiger partial charge in [-0.1, -0.05) is 34.1 Å². The topological polar surface area (TPSA) is 66.4 Å². The van der Waals surface area contributed by atoms with Gasteiger partial charge in [0.15, 0.2) is 0 Å². The minimum Gasteiger partial charge on any atom is -0.481 e. The largest absolute Gasteiger partial charge is 0.481 e. The monoisotopic (exact) mass is 241 g/mol. The molecule has 1 rings (SSSR count). The molecule has 98 valence electrons. The third-order valence-corrected chi connectivity index (χ3v) is 4.24. The maximum Gasteiger partial charge on any atom is 0.307 e. The number of carbonyl (C=O) groups is 2. The Morgan fingerprint density at radius 1 is 1.29 bits per heavy atom. The number of rotatable bonds is 5. The van der Waals surface area contributed by atoms with Gasteiger partial charge in [0.25, 0.3) is 0 Å². The van der Waals surface area contributed by atoms with Gasteiger partial charge in [-0.15, -0.1) is 0 Å². The zero-order chi connectivity index (χ0) is 13.4. The van der Waals surface area contributed by atoms with E-state index in [4.69, 9.17) is 5.11 Å². The van der Waals surface area contributed by atoms with Crippen molar-refractivity contribution >= 4 is 11.9 Å². The molecule has 0 saturated heterocycles. The lowest BCUT2D eigenvalue weighted by Gasteiger charge is -2.20. The fraction of sp³-hybridized carbons (Fsp3) is 0.846. The van der Waals surface area contributed by atoms with Crippen molar-refractivity contribution in [3.8, 4) is 0 Å². The Morgan fingerprint density at radius 2 is 1.82 bits per heavy atom. The number of hydrogen-bond donors (Lipinski definition) is 2. The Labute approximate surface area is 103 Å². The molecule has 0 aliphatic heterocycles. The van der Waals surface area contributed by atoms with E-state index in [0.717, 1.165) is 6.42 Å². The van der Waals surface area contributed by atoms with Crippen molar-refractivity contribution < 1.29 is 14.7 Å². The summed E-state index contributed by atoms with van der Waals surface area (Å²) in [6, 6.07) is 0.0957. The van der Waals surface area contributed by atoms with E-state index >= 15 is 0 Å². The van der Waals surface area contributed by atoms with Crippen molar-refractivity contribution in [1.29, 1.82) is 0 Å². The van der Waals surface area contributed by atoms with Crippen LogP contribution in [0.4, 0.5) is 0 Å². The van der Waals surface area contributed by atoms with Crippen molar-refractivity contribution in [2.24, 2.45) is 23.2 Å². The van der Waals surface area contributed by atoms with E-state index in [2.05, 4.69) is 19.2 Å². The predicted molar refractivity (Wildman–Crippen MR) is 65.5 cm³/mol. The van der Waals surface area contributed by atoms with E-state index in [1.54, 1.807) is 0 Å². The molecule has 0 aromatic rings. The molecule has 1 aliphatic carbocycles. The molecule has 1 aliphatic rings. The van der Waals surface area contributed by atoms with E-state index < -0.39 is 17.3 Å². The fourth-order valence-corrected chi connectivity index (χ4v) is 2.40. The second-order valence-corrected chi connectivity index (χ2v) is 5.80. The number of amides is 1. The van der Waals surface area contributed by atoms with Gasteiger partial charge in [0.05, 0.1) is 11.8 Å². The number of nitrogens with one attached hydrogen (secondary N) is 1. The minimum absolute atomic E-state index is 0.0957. The first kappa shape index (κ1) is 14.0. The van der Waals surface area contributed by atoms with Crippen LogP contribution in [0.25, 0.3) is 0 Å². The van der Waals surface area contributed by atoms with Crippen LogP contribution in [0.2, 0.25) is 0 Å². The summed E-state index contributed by atoms with van der Waals surface area (Å²) in [7, 11) is 0. The van der Waals surface area contributed by atoms with Gasteiger partial charge in [0, 0.05) is 6.04 Å². The third kappa shape index (κ3) is 2.61. The molecular weight excluding hydrogens is 218 g/mol. The highest BCUT2D eigenvalue weighted by Crippen LogP contribution is 2.58. The van der Waals surface area contributed by atoms with Crippen LogP contribution in [-0.4, -0.2) is 23.0 Å². The maximum absolute atomic E-state index is 12.0. The SMILES string of the molecule is CCC(C)C(C)NC(=O)[C@H]1[C@@H](C(=O)O)C1(C)C. The molecule has 0 aromatic carbocycles. The second-order valence-electron chi connectivity index (χ2n) is 5.80. The van der Waals surface area contributed by atoms with E-state index in [0.29, 0.717) is 5.92 Å². The van der Waals surface area contributed by atoms with Gasteiger partial charge in [-0.05, 0) is 18.3 Å². The van der Waals surface area contributed by atoms with Gasteiger partial charge in [-0.2, -0.15) is 0 Å². The summed E-state index contributed by atoms with van der Waals surface area (Å²) >= 11 is 0. The number of hydrogen-bond acceptors (Lipinski definition) is 2. The van der Waals surface area contributed by atoms with Crippen LogP contribution in [0.15, 0.2) is 0 Å². The van der Waals surface area contributed by atoms with E-state index in [1.165, 1.54) is 0 Å². The molecule has 2 unspecified atom stereocenters. The molecule has 0 spiro atoms. The van der Waals surface area contributed by atoms with Crippen LogP contribution in [0.3, 0.4) is 0 Å². The van der Waals surface area contributed by atoms with Gasteiger partial charge < -0.3 is 10.4 Å². The Balaban J connectivity index is 2.59. The fourth-order valence-electron chi connectivity index (χ4n) is 2.40. The molecule has 0 aromatic heterocycles. The molecule has 2 N–H and O–H groups in total. The lowest BCUT2D eigenvalue weighted by Crippen LogP contribution is -2.38. The molecule has 17 heavy (non-hydrogen) atoms. The van der Waals surface area contributed by atoms with Crippen molar-refractivity contribution in [2.45, 2.75) is 47.1 Å². The summed E-state index contributed by atoms with van der Waals surface area (Å²) in [6.07, 6.45) is 0.998. The summed E-state index contributed by atoms with van der Waals surface area (Å²) in [5.74, 6) is -1.50. The second kappa shape index (κ2) is 4.67. The van der Waals surface area contributed by atoms with Crippen LogP contribution in [0.5, 0.6) is 0 Å². The van der Waals surface area contributed by atoms with E-state index in [9.17, 15) is 9.59 Å². The van der Waals surface area contributed by atoms with Crippen LogP contribution < -0.4 is 5.32 Å². The molecular formula is C13H23NO3. The first-order valence-electron chi connectivity index (χ1n) is 6.26. The molecule has 1 fully saturated rings. The Bertz CT molecular complexity index is 325. The van der Waals surface area contributed by atoms with Crippen LogP contribution in [0, 0.1) is 23.2 Å². The average Bonchev–Trinajstić information content (AvgIpc) is 2.80.